The lowest BCUT2D eigenvalue weighted by Gasteiger charge is -2.02. The molecule has 0 bridgehead atoms. The summed E-state index contributed by atoms with van der Waals surface area (Å²) in [6, 6.07) is 7.88. The summed E-state index contributed by atoms with van der Waals surface area (Å²) in [4.78, 5) is 14.6. The van der Waals surface area contributed by atoms with E-state index in [4.69, 9.17) is 4.42 Å². The van der Waals surface area contributed by atoms with E-state index in [1.807, 2.05) is 24.3 Å². The minimum absolute atomic E-state index is 0.330. The molecule has 0 saturated heterocycles. The summed E-state index contributed by atoms with van der Waals surface area (Å²) in [7, 11) is 0. The Morgan fingerprint density at radius 3 is 2.87 bits per heavy atom. The Bertz CT molecular complexity index is 474. The summed E-state index contributed by atoms with van der Waals surface area (Å²) >= 11 is 0. The van der Waals surface area contributed by atoms with Crippen molar-refractivity contribution < 1.29 is 9.21 Å². The standard InChI is InChI=1S/C12H11NO2/c1-2-9-5-3-4-6-11(9)12-13-10(7-14)8-15-12/h3-8H,2H2,1H3. The Balaban J connectivity index is 2.48. The van der Waals surface area contributed by atoms with Crippen LogP contribution >= 0.6 is 0 Å². The quantitative estimate of drug-likeness (QED) is 0.717. The van der Waals surface area contributed by atoms with Crippen LogP contribution in [0.25, 0.3) is 11.5 Å². The SMILES string of the molecule is CCc1ccccc1-c1nc(C=O)co1. The smallest absolute Gasteiger partial charge is 0.226 e. The molecule has 0 aliphatic rings. The lowest BCUT2D eigenvalue weighted by Crippen LogP contribution is -1.87. The van der Waals surface area contributed by atoms with Gasteiger partial charge >= 0.3 is 0 Å². The third kappa shape index (κ3) is 1.81. The molecule has 0 aliphatic carbocycles. The van der Waals surface area contributed by atoms with Gasteiger partial charge in [-0.25, -0.2) is 4.98 Å². The third-order valence-corrected chi connectivity index (χ3v) is 2.27. The van der Waals surface area contributed by atoms with Crippen molar-refractivity contribution in [1.82, 2.24) is 4.98 Å². The van der Waals surface area contributed by atoms with E-state index in [1.54, 1.807) is 0 Å². The van der Waals surface area contributed by atoms with E-state index in [2.05, 4.69) is 11.9 Å². The molecule has 76 valence electrons. The first-order chi connectivity index (χ1) is 7.35. The van der Waals surface area contributed by atoms with E-state index in [0.717, 1.165) is 17.5 Å². The molecule has 0 saturated carbocycles. The fraction of sp³-hybridized carbons (Fsp3) is 0.167. The van der Waals surface area contributed by atoms with Crippen LogP contribution in [0.15, 0.2) is 34.9 Å². The molecule has 0 amide bonds. The van der Waals surface area contributed by atoms with Crippen molar-refractivity contribution in [3.8, 4) is 11.5 Å². The predicted octanol–water partition coefficient (Wildman–Crippen LogP) is 2.72. The van der Waals surface area contributed by atoms with Crippen molar-refractivity contribution in [3.05, 3.63) is 41.8 Å². The van der Waals surface area contributed by atoms with Crippen molar-refractivity contribution in [2.45, 2.75) is 13.3 Å². The molecule has 0 unspecified atom stereocenters. The Kier molecular flexibility index (Phi) is 2.63. The second-order valence-corrected chi connectivity index (χ2v) is 3.21. The van der Waals surface area contributed by atoms with Crippen molar-refractivity contribution in [2.24, 2.45) is 0 Å². The summed E-state index contributed by atoms with van der Waals surface area (Å²) in [5, 5.41) is 0. The molecule has 0 N–H and O–H groups in total. The normalized spacial score (nSPS) is 10.2. The van der Waals surface area contributed by atoms with Gasteiger partial charge in [-0.2, -0.15) is 0 Å². The Hall–Kier alpha value is -1.90. The summed E-state index contributed by atoms with van der Waals surface area (Å²) < 4.78 is 5.24. The zero-order valence-corrected chi connectivity index (χ0v) is 8.43. The molecular formula is C12H11NO2. The maximum absolute atomic E-state index is 10.5. The second-order valence-electron chi connectivity index (χ2n) is 3.21. The monoisotopic (exact) mass is 201 g/mol. The van der Waals surface area contributed by atoms with Crippen molar-refractivity contribution in [3.63, 3.8) is 0 Å². The van der Waals surface area contributed by atoms with Gasteiger partial charge in [0, 0.05) is 5.56 Å². The summed E-state index contributed by atoms with van der Waals surface area (Å²) in [6.45, 7) is 2.07. The minimum atomic E-state index is 0.330. The number of carbonyl (C=O) groups is 1. The zero-order chi connectivity index (χ0) is 10.7. The van der Waals surface area contributed by atoms with Crippen LogP contribution in [0.4, 0.5) is 0 Å². The van der Waals surface area contributed by atoms with Crippen LogP contribution in [0.3, 0.4) is 0 Å². The molecule has 0 atom stereocenters. The maximum atomic E-state index is 10.5. The molecule has 2 aromatic rings. The Morgan fingerprint density at radius 2 is 2.20 bits per heavy atom. The third-order valence-electron chi connectivity index (χ3n) is 2.27. The van der Waals surface area contributed by atoms with Gasteiger partial charge in [0.25, 0.3) is 0 Å². The van der Waals surface area contributed by atoms with Gasteiger partial charge in [-0.1, -0.05) is 25.1 Å². The van der Waals surface area contributed by atoms with Crippen LogP contribution in [0.2, 0.25) is 0 Å². The van der Waals surface area contributed by atoms with Gasteiger partial charge in [-0.3, -0.25) is 4.79 Å². The highest BCUT2D eigenvalue weighted by molar-refractivity contribution is 5.72. The molecule has 0 radical (unpaired) electrons. The number of nitrogens with zero attached hydrogens (tertiary/aromatic N) is 1. The number of oxazole rings is 1. The van der Waals surface area contributed by atoms with E-state index < -0.39 is 0 Å². The summed E-state index contributed by atoms with van der Waals surface area (Å²) in [6.07, 6.45) is 2.96. The average Bonchev–Trinajstić information content (AvgIpc) is 2.77. The zero-order valence-electron chi connectivity index (χ0n) is 8.43. The van der Waals surface area contributed by atoms with Gasteiger partial charge in [0.05, 0.1) is 0 Å². The van der Waals surface area contributed by atoms with Crippen molar-refractivity contribution in [2.75, 3.05) is 0 Å². The van der Waals surface area contributed by atoms with Crippen LogP contribution in [0.5, 0.6) is 0 Å². The molecule has 15 heavy (non-hydrogen) atoms. The van der Waals surface area contributed by atoms with Gasteiger partial charge in [-0.15, -0.1) is 0 Å². The number of hydrogen-bond donors (Lipinski definition) is 0. The molecule has 3 nitrogen and oxygen atoms in total. The Labute approximate surface area is 87.8 Å². The molecule has 1 heterocycles. The molecule has 0 fully saturated rings. The first kappa shape index (κ1) is 9.65. The lowest BCUT2D eigenvalue weighted by atomic mass is 10.1. The minimum Gasteiger partial charge on any atom is -0.444 e. The molecule has 1 aromatic carbocycles. The van der Waals surface area contributed by atoms with E-state index >= 15 is 0 Å². The number of benzene rings is 1. The lowest BCUT2D eigenvalue weighted by molar-refractivity contribution is 0.111. The number of aryl methyl sites for hydroxylation is 1. The molecule has 3 heteroatoms. The number of rotatable bonds is 3. The van der Waals surface area contributed by atoms with Crippen LogP contribution in [-0.4, -0.2) is 11.3 Å². The van der Waals surface area contributed by atoms with Gasteiger partial charge in [0.1, 0.15) is 12.0 Å². The highest BCUT2D eigenvalue weighted by Gasteiger charge is 2.08. The maximum Gasteiger partial charge on any atom is 0.226 e. The highest BCUT2D eigenvalue weighted by atomic mass is 16.3. The van der Waals surface area contributed by atoms with Gasteiger partial charge in [0.15, 0.2) is 6.29 Å². The molecule has 2 rings (SSSR count). The van der Waals surface area contributed by atoms with Gasteiger partial charge in [0.2, 0.25) is 5.89 Å². The van der Waals surface area contributed by atoms with E-state index in [0.29, 0.717) is 17.9 Å². The van der Waals surface area contributed by atoms with Crippen molar-refractivity contribution in [1.29, 1.82) is 0 Å². The van der Waals surface area contributed by atoms with Crippen LogP contribution < -0.4 is 0 Å². The number of hydrogen-bond acceptors (Lipinski definition) is 3. The van der Waals surface area contributed by atoms with Crippen LogP contribution in [0, 0.1) is 0 Å². The number of aromatic nitrogens is 1. The summed E-state index contributed by atoms with van der Waals surface area (Å²) in [5.41, 5.74) is 2.45. The molecular weight excluding hydrogens is 190 g/mol. The van der Waals surface area contributed by atoms with E-state index in [9.17, 15) is 4.79 Å². The van der Waals surface area contributed by atoms with E-state index in [-0.39, 0.29) is 0 Å². The Morgan fingerprint density at radius 1 is 1.40 bits per heavy atom. The number of carbonyl (C=O) groups excluding carboxylic acids is 1. The fourth-order valence-electron chi connectivity index (χ4n) is 1.50. The predicted molar refractivity (Wildman–Crippen MR) is 56.7 cm³/mol. The second kappa shape index (κ2) is 4.09. The van der Waals surface area contributed by atoms with Crippen LogP contribution in [-0.2, 0) is 6.42 Å². The van der Waals surface area contributed by atoms with Crippen LogP contribution in [0.1, 0.15) is 23.0 Å². The van der Waals surface area contributed by atoms with Crippen molar-refractivity contribution >= 4 is 6.29 Å². The van der Waals surface area contributed by atoms with E-state index in [1.165, 1.54) is 6.26 Å². The topological polar surface area (TPSA) is 43.1 Å². The van der Waals surface area contributed by atoms with Gasteiger partial charge in [-0.05, 0) is 18.1 Å². The molecule has 1 aromatic heterocycles. The highest BCUT2D eigenvalue weighted by Crippen LogP contribution is 2.22. The largest absolute Gasteiger partial charge is 0.444 e. The summed E-state index contributed by atoms with van der Waals surface area (Å²) in [5.74, 6) is 0.509. The molecule has 0 aliphatic heterocycles. The first-order valence-corrected chi connectivity index (χ1v) is 4.84. The fourth-order valence-corrected chi connectivity index (χ4v) is 1.50. The molecule has 0 spiro atoms. The number of aldehydes is 1. The van der Waals surface area contributed by atoms with Gasteiger partial charge < -0.3 is 4.42 Å². The average molecular weight is 201 g/mol. The first-order valence-electron chi connectivity index (χ1n) is 4.84.